The minimum atomic E-state index is -1.10. The van der Waals surface area contributed by atoms with Crippen molar-refractivity contribution in [3.8, 4) is 0 Å². The van der Waals surface area contributed by atoms with Gasteiger partial charge in [-0.15, -0.1) is 0 Å². The van der Waals surface area contributed by atoms with Gasteiger partial charge in [-0.05, 0) is 57.2 Å². The van der Waals surface area contributed by atoms with Crippen LogP contribution in [0.25, 0.3) is 10.4 Å². The summed E-state index contributed by atoms with van der Waals surface area (Å²) >= 11 is 0. The molecule has 7 heteroatoms. The van der Waals surface area contributed by atoms with Crippen LogP contribution in [0.5, 0.6) is 0 Å². The maximum Gasteiger partial charge on any atom is 0.407 e. The van der Waals surface area contributed by atoms with Gasteiger partial charge in [-0.25, -0.2) is 4.79 Å². The lowest BCUT2D eigenvalue weighted by atomic mass is 9.93. The van der Waals surface area contributed by atoms with Crippen LogP contribution in [0.15, 0.2) is 59.7 Å². The molecule has 30 heavy (non-hydrogen) atoms. The molecule has 2 N–H and O–H groups in total. The van der Waals surface area contributed by atoms with E-state index in [2.05, 4.69) is 15.3 Å². The van der Waals surface area contributed by atoms with Gasteiger partial charge in [-0.1, -0.05) is 65.3 Å². The van der Waals surface area contributed by atoms with Crippen molar-refractivity contribution < 1.29 is 14.6 Å². The molecule has 0 aromatic heterocycles. The second-order valence-electron chi connectivity index (χ2n) is 8.40. The molecule has 0 bridgehead atoms. The maximum absolute atomic E-state index is 12.4. The number of ether oxygens (including phenoxy) is 1. The van der Waals surface area contributed by atoms with Gasteiger partial charge in [0.05, 0.1) is 18.2 Å². The van der Waals surface area contributed by atoms with E-state index in [-0.39, 0.29) is 0 Å². The molecule has 3 unspecified atom stereocenters. The third kappa shape index (κ3) is 7.78. The van der Waals surface area contributed by atoms with Crippen LogP contribution >= 0.6 is 0 Å². The Bertz CT molecular complexity index is 856. The first-order valence-electron chi connectivity index (χ1n) is 9.99. The van der Waals surface area contributed by atoms with Crippen molar-refractivity contribution in [1.82, 2.24) is 5.32 Å². The van der Waals surface area contributed by atoms with E-state index in [4.69, 9.17) is 10.3 Å². The van der Waals surface area contributed by atoms with Crippen molar-refractivity contribution in [2.45, 2.75) is 64.3 Å². The minimum absolute atomic E-state index is 0.354. The first kappa shape index (κ1) is 23.3. The first-order valence-corrected chi connectivity index (χ1v) is 9.99. The zero-order valence-electron chi connectivity index (χ0n) is 17.9. The summed E-state index contributed by atoms with van der Waals surface area (Å²) in [6.07, 6.45) is -1.01. The fraction of sp³-hybridized carbons (Fsp3) is 0.435. The second kappa shape index (κ2) is 10.7. The topological polar surface area (TPSA) is 107 Å². The lowest BCUT2D eigenvalue weighted by molar-refractivity contribution is 0.0392. The molecule has 0 saturated carbocycles. The van der Waals surface area contributed by atoms with Crippen LogP contribution in [0.1, 0.15) is 37.5 Å². The summed E-state index contributed by atoms with van der Waals surface area (Å²) in [4.78, 5) is 15.3. The average Bonchev–Trinajstić information content (AvgIpc) is 2.67. The quantitative estimate of drug-likeness (QED) is 0.374. The zero-order valence-corrected chi connectivity index (χ0v) is 17.9. The number of rotatable bonds is 8. The summed E-state index contributed by atoms with van der Waals surface area (Å²) < 4.78 is 5.36. The van der Waals surface area contributed by atoms with Crippen LogP contribution in [0, 0.1) is 6.92 Å². The number of aryl methyl sites for hydroxylation is 1. The fourth-order valence-electron chi connectivity index (χ4n) is 3.11. The molecule has 2 aromatic rings. The first-order chi connectivity index (χ1) is 14.2. The van der Waals surface area contributed by atoms with Crippen LogP contribution in [0.2, 0.25) is 0 Å². The largest absolute Gasteiger partial charge is 0.444 e. The number of azide groups is 1. The number of carbonyl (C=O) groups is 1. The molecule has 3 atom stereocenters. The van der Waals surface area contributed by atoms with Gasteiger partial charge in [0.15, 0.2) is 0 Å². The smallest absolute Gasteiger partial charge is 0.407 e. The average molecular weight is 411 g/mol. The number of alkyl carbamates (subject to hydrolysis) is 1. The predicted octanol–water partition coefficient (Wildman–Crippen LogP) is 4.71. The van der Waals surface area contributed by atoms with Gasteiger partial charge in [0.1, 0.15) is 5.60 Å². The number of amides is 1. The van der Waals surface area contributed by atoms with Crippen molar-refractivity contribution in [2.75, 3.05) is 0 Å². The van der Waals surface area contributed by atoms with E-state index in [0.29, 0.717) is 12.8 Å². The summed E-state index contributed by atoms with van der Waals surface area (Å²) in [7, 11) is 0. The molecule has 0 heterocycles. The van der Waals surface area contributed by atoms with Gasteiger partial charge in [0, 0.05) is 4.91 Å². The Hall–Kier alpha value is -3.02. The molecular weight excluding hydrogens is 380 g/mol. The summed E-state index contributed by atoms with van der Waals surface area (Å²) in [5, 5.41) is 17.7. The number of benzene rings is 2. The van der Waals surface area contributed by atoms with Crippen LogP contribution < -0.4 is 5.32 Å². The van der Waals surface area contributed by atoms with Crippen molar-refractivity contribution in [2.24, 2.45) is 5.11 Å². The highest BCUT2D eigenvalue weighted by Crippen LogP contribution is 2.17. The lowest BCUT2D eigenvalue weighted by Gasteiger charge is -2.30. The number of hydrogen-bond acceptors (Lipinski definition) is 4. The molecule has 0 aliphatic carbocycles. The Balaban J connectivity index is 2.24. The van der Waals surface area contributed by atoms with E-state index >= 15 is 0 Å². The van der Waals surface area contributed by atoms with Gasteiger partial charge in [-0.3, -0.25) is 0 Å². The highest BCUT2D eigenvalue weighted by molar-refractivity contribution is 5.68. The van der Waals surface area contributed by atoms with E-state index in [1.165, 1.54) is 0 Å². The Morgan fingerprint density at radius 2 is 1.70 bits per heavy atom. The minimum Gasteiger partial charge on any atom is -0.444 e. The third-order valence-electron chi connectivity index (χ3n) is 4.57. The van der Waals surface area contributed by atoms with Crippen molar-refractivity contribution in [1.29, 1.82) is 0 Å². The second-order valence-corrected chi connectivity index (χ2v) is 8.40. The number of aliphatic hydroxyl groups excluding tert-OH is 1. The van der Waals surface area contributed by atoms with E-state index in [1.54, 1.807) is 20.8 Å². The van der Waals surface area contributed by atoms with Gasteiger partial charge < -0.3 is 15.2 Å². The highest BCUT2D eigenvalue weighted by atomic mass is 16.6. The molecule has 0 aliphatic rings. The van der Waals surface area contributed by atoms with Crippen molar-refractivity contribution in [3.63, 3.8) is 0 Å². The van der Waals surface area contributed by atoms with Crippen LogP contribution in [0.3, 0.4) is 0 Å². The van der Waals surface area contributed by atoms with Crippen molar-refractivity contribution in [3.05, 3.63) is 81.7 Å². The molecule has 7 nitrogen and oxygen atoms in total. The highest BCUT2D eigenvalue weighted by Gasteiger charge is 2.30. The fourth-order valence-corrected chi connectivity index (χ4v) is 3.11. The number of hydrogen-bond donors (Lipinski definition) is 2. The Kier molecular flexibility index (Phi) is 8.27. The SMILES string of the molecule is Cc1ccc(CC(N=[N+]=[N-])C(O)C(Cc2ccccc2)NC(=O)OC(C)(C)C)cc1. The van der Waals surface area contributed by atoms with E-state index in [0.717, 1.165) is 16.7 Å². The Labute approximate surface area is 177 Å². The molecule has 2 rings (SSSR count). The third-order valence-corrected chi connectivity index (χ3v) is 4.57. The molecule has 0 fully saturated rings. The van der Waals surface area contributed by atoms with Gasteiger partial charge in [0.25, 0.3) is 0 Å². The summed E-state index contributed by atoms with van der Waals surface area (Å²) in [6, 6.07) is 15.9. The maximum atomic E-state index is 12.4. The lowest BCUT2D eigenvalue weighted by Crippen LogP contribution is -2.50. The molecule has 0 spiro atoms. The van der Waals surface area contributed by atoms with Gasteiger partial charge >= 0.3 is 6.09 Å². The van der Waals surface area contributed by atoms with E-state index in [1.807, 2.05) is 61.5 Å². The molecular formula is C23H30N4O3. The molecule has 0 saturated heterocycles. The molecule has 160 valence electrons. The normalized spacial score (nSPS) is 14.2. The molecule has 0 radical (unpaired) electrons. The van der Waals surface area contributed by atoms with E-state index in [9.17, 15) is 9.90 Å². The zero-order chi connectivity index (χ0) is 22.1. The molecule has 1 amide bonds. The van der Waals surface area contributed by atoms with Crippen LogP contribution in [-0.4, -0.2) is 35.0 Å². The standard InChI is InChI=1S/C23H30N4O3/c1-16-10-12-18(13-11-16)15-20(26-27-24)21(28)19(14-17-8-6-5-7-9-17)25-22(29)30-23(2,3)4/h5-13,19-21,28H,14-15H2,1-4H3,(H,25,29). The Morgan fingerprint density at radius 3 is 2.27 bits per heavy atom. The molecule has 2 aromatic carbocycles. The summed E-state index contributed by atoms with van der Waals surface area (Å²) in [5.74, 6) is 0. The number of carbonyl (C=O) groups excluding carboxylic acids is 1. The van der Waals surface area contributed by atoms with Crippen molar-refractivity contribution >= 4 is 6.09 Å². The van der Waals surface area contributed by atoms with E-state index < -0.39 is 29.9 Å². The summed E-state index contributed by atoms with van der Waals surface area (Å²) in [5.41, 5.74) is 11.4. The predicted molar refractivity (Wildman–Crippen MR) is 117 cm³/mol. The molecule has 0 aliphatic heterocycles. The monoisotopic (exact) mass is 410 g/mol. The number of nitrogens with one attached hydrogen (secondary N) is 1. The van der Waals surface area contributed by atoms with Crippen LogP contribution in [-0.2, 0) is 17.6 Å². The number of nitrogens with zero attached hydrogens (tertiary/aromatic N) is 3. The number of aliphatic hydroxyl groups is 1. The van der Waals surface area contributed by atoms with Gasteiger partial charge in [-0.2, -0.15) is 0 Å². The van der Waals surface area contributed by atoms with Crippen LogP contribution in [0.4, 0.5) is 4.79 Å². The summed E-state index contributed by atoms with van der Waals surface area (Å²) in [6.45, 7) is 7.31. The van der Waals surface area contributed by atoms with Gasteiger partial charge in [0.2, 0.25) is 0 Å². The Morgan fingerprint density at radius 1 is 1.10 bits per heavy atom.